The van der Waals surface area contributed by atoms with E-state index >= 15 is 0 Å². The number of nitrogens with two attached hydrogens (primary N) is 1. The fourth-order valence-electron chi connectivity index (χ4n) is 3.73. The molecule has 0 spiro atoms. The zero-order chi connectivity index (χ0) is 19.0. The maximum atomic E-state index is 13.0. The van der Waals surface area contributed by atoms with Gasteiger partial charge in [0.2, 0.25) is 11.7 Å². The first-order valence-electron chi connectivity index (χ1n) is 9.13. The number of nitrogens with zero attached hydrogens (tertiary/aromatic N) is 3. The number of hydrogen-bond donors (Lipinski definition) is 2. The molecule has 2 aromatic heterocycles. The van der Waals surface area contributed by atoms with E-state index in [2.05, 4.69) is 32.0 Å². The van der Waals surface area contributed by atoms with Crippen LogP contribution in [0, 0.1) is 6.92 Å². The minimum Gasteiger partial charge on any atom is -0.434 e. The van der Waals surface area contributed by atoms with Crippen molar-refractivity contribution in [2.75, 3.05) is 0 Å². The molecule has 0 fully saturated rings. The number of fused-ring (bicyclic) bond motifs is 1. The van der Waals surface area contributed by atoms with Crippen LogP contribution in [0.15, 0.2) is 47.4 Å². The summed E-state index contributed by atoms with van der Waals surface area (Å²) in [6, 6.07) is 7.77. The number of carbonyl (C=O) groups is 1. The summed E-state index contributed by atoms with van der Waals surface area (Å²) in [6.07, 6.45) is 7.37. The van der Waals surface area contributed by atoms with Gasteiger partial charge in [0.25, 0.3) is 5.91 Å². The van der Waals surface area contributed by atoms with Crippen LogP contribution in [-0.4, -0.2) is 20.4 Å². The van der Waals surface area contributed by atoms with Gasteiger partial charge in [0.05, 0.1) is 30.1 Å². The molecule has 3 unspecified atom stereocenters. The molecule has 0 radical (unpaired) electrons. The summed E-state index contributed by atoms with van der Waals surface area (Å²) >= 11 is 0. The lowest BCUT2D eigenvalue weighted by atomic mass is 9.83. The van der Waals surface area contributed by atoms with Crippen molar-refractivity contribution in [3.63, 3.8) is 0 Å². The Morgan fingerprint density at radius 3 is 2.93 bits per heavy atom. The molecule has 4 rings (SSSR count). The molecular weight excluding hydrogens is 342 g/mol. The van der Waals surface area contributed by atoms with Gasteiger partial charge in [-0.3, -0.25) is 4.79 Å². The fraction of sp³-hybridized carbons (Fsp3) is 0.350. The predicted octanol–water partition coefficient (Wildman–Crippen LogP) is 2.86. The lowest BCUT2D eigenvalue weighted by molar-refractivity contribution is 0.0886. The van der Waals surface area contributed by atoms with Crippen LogP contribution < -0.4 is 11.1 Å². The second-order valence-corrected chi connectivity index (χ2v) is 7.02. The molecule has 1 aromatic carbocycles. The highest BCUT2D eigenvalue weighted by molar-refractivity contribution is 5.92. The summed E-state index contributed by atoms with van der Waals surface area (Å²) in [6.45, 7) is 3.53. The van der Waals surface area contributed by atoms with Crippen molar-refractivity contribution < 1.29 is 9.21 Å². The van der Waals surface area contributed by atoms with Crippen LogP contribution in [0.5, 0.6) is 0 Å². The summed E-state index contributed by atoms with van der Waals surface area (Å²) in [4.78, 5) is 21.4. The number of aryl methyl sites for hydroxylation is 2. The van der Waals surface area contributed by atoms with E-state index in [9.17, 15) is 4.79 Å². The van der Waals surface area contributed by atoms with E-state index in [0.717, 1.165) is 18.4 Å². The number of amides is 1. The van der Waals surface area contributed by atoms with Crippen LogP contribution in [0.25, 0.3) is 0 Å². The largest absolute Gasteiger partial charge is 0.434 e. The molecule has 3 N–H and O–H groups in total. The van der Waals surface area contributed by atoms with Gasteiger partial charge in [-0.15, -0.1) is 0 Å². The Morgan fingerprint density at radius 1 is 1.41 bits per heavy atom. The highest BCUT2D eigenvalue weighted by Crippen LogP contribution is 2.37. The summed E-state index contributed by atoms with van der Waals surface area (Å²) in [5, 5.41) is 3.16. The van der Waals surface area contributed by atoms with Gasteiger partial charge in [0.15, 0.2) is 0 Å². The van der Waals surface area contributed by atoms with Crippen molar-refractivity contribution in [1.82, 2.24) is 19.9 Å². The third-order valence-electron chi connectivity index (χ3n) is 5.09. The Morgan fingerprint density at radius 2 is 2.22 bits per heavy atom. The predicted molar refractivity (Wildman–Crippen MR) is 100 cm³/mol. The number of rotatable bonds is 4. The van der Waals surface area contributed by atoms with Crippen molar-refractivity contribution in [2.45, 2.75) is 44.8 Å². The van der Waals surface area contributed by atoms with Crippen LogP contribution in [0.2, 0.25) is 0 Å². The Balaban J connectivity index is 1.67. The number of benzene rings is 1. The van der Waals surface area contributed by atoms with Crippen LogP contribution in [0.3, 0.4) is 0 Å². The second kappa shape index (κ2) is 7.00. The van der Waals surface area contributed by atoms with E-state index < -0.39 is 0 Å². The molecule has 3 atom stereocenters. The number of nitrogens with one attached hydrogen (secondary N) is 1. The number of oxazole rings is 1. The third kappa shape index (κ3) is 3.26. The average molecular weight is 365 g/mol. The van der Waals surface area contributed by atoms with E-state index in [1.807, 2.05) is 18.3 Å². The average Bonchev–Trinajstić information content (AvgIpc) is 3.32. The molecule has 3 aromatic rings. The molecular formula is C20H23N5O2. The van der Waals surface area contributed by atoms with Gasteiger partial charge in [-0.2, -0.15) is 0 Å². The van der Waals surface area contributed by atoms with Crippen molar-refractivity contribution in [1.29, 1.82) is 0 Å². The molecule has 140 valence electrons. The second-order valence-electron chi connectivity index (χ2n) is 7.02. The summed E-state index contributed by atoms with van der Waals surface area (Å²) in [5.74, 6) is 0.307. The van der Waals surface area contributed by atoms with Gasteiger partial charge < -0.3 is 20.0 Å². The Hall–Kier alpha value is -2.93. The first-order valence-corrected chi connectivity index (χ1v) is 9.13. The van der Waals surface area contributed by atoms with E-state index in [1.165, 1.54) is 5.56 Å². The smallest absolute Gasteiger partial charge is 0.289 e. The zero-order valence-electron chi connectivity index (χ0n) is 15.4. The van der Waals surface area contributed by atoms with Crippen molar-refractivity contribution in [3.05, 3.63) is 71.5 Å². The van der Waals surface area contributed by atoms with Crippen LogP contribution in [0.1, 0.15) is 64.7 Å². The fourth-order valence-corrected chi connectivity index (χ4v) is 3.73. The number of hydrogen-bond acceptors (Lipinski definition) is 5. The van der Waals surface area contributed by atoms with Gasteiger partial charge in [-0.05, 0) is 37.8 Å². The maximum absolute atomic E-state index is 13.0. The van der Waals surface area contributed by atoms with Crippen LogP contribution >= 0.6 is 0 Å². The molecule has 7 nitrogen and oxygen atoms in total. The Labute approximate surface area is 157 Å². The van der Waals surface area contributed by atoms with Crippen LogP contribution in [-0.2, 0) is 6.42 Å². The number of carbonyl (C=O) groups excluding carboxylic acids is 1. The normalized spacial score (nSPS) is 20.1. The molecule has 27 heavy (non-hydrogen) atoms. The third-order valence-corrected chi connectivity index (χ3v) is 5.09. The van der Waals surface area contributed by atoms with Crippen molar-refractivity contribution in [3.8, 4) is 0 Å². The number of aromatic nitrogens is 3. The molecule has 1 aliphatic carbocycles. The molecule has 0 saturated carbocycles. The summed E-state index contributed by atoms with van der Waals surface area (Å²) in [5.41, 5.74) is 8.76. The SMILES string of the molecule is Cc1nc(C(C)N)oc1C(=O)NC1c2ccccc2CCC1n1ccnc1. The quantitative estimate of drug-likeness (QED) is 0.741. The maximum Gasteiger partial charge on any atom is 0.289 e. The van der Waals surface area contributed by atoms with Gasteiger partial charge in [0, 0.05) is 12.4 Å². The van der Waals surface area contributed by atoms with Crippen LogP contribution in [0.4, 0.5) is 0 Å². The first-order chi connectivity index (χ1) is 13.0. The van der Waals surface area contributed by atoms with E-state index in [1.54, 1.807) is 26.4 Å². The standard InChI is InChI=1S/C20H23N5O2/c1-12(21)20-23-13(2)18(27-20)19(26)24-17-15-6-4-3-5-14(15)7-8-16(17)25-10-9-22-11-25/h3-6,9-12,16-17H,7-8,21H2,1-2H3,(H,24,26). The molecule has 2 heterocycles. The van der Waals surface area contributed by atoms with Gasteiger partial charge in [-0.25, -0.2) is 9.97 Å². The van der Waals surface area contributed by atoms with Gasteiger partial charge in [0.1, 0.15) is 0 Å². The molecule has 1 aliphatic rings. The first kappa shape index (κ1) is 17.5. The Bertz CT molecular complexity index is 945. The van der Waals surface area contributed by atoms with Crippen molar-refractivity contribution >= 4 is 5.91 Å². The topological polar surface area (TPSA) is 99.0 Å². The lowest BCUT2D eigenvalue weighted by Gasteiger charge is -2.34. The molecule has 0 bridgehead atoms. The lowest BCUT2D eigenvalue weighted by Crippen LogP contribution is -2.37. The molecule has 0 saturated heterocycles. The molecule has 0 aliphatic heterocycles. The molecule has 1 amide bonds. The van der Waals surface area contributed by atoms with Gasteiger partial charge in [-0.1, -0.05) is 24.3 Å². The highest BCUT2D eigenvalue weighted by Gasteiger charge is 2.33. The van der Waals surface area contributed by atoms with E-state index in [0.29, 0.717) is 11.6 Å². The number of imidazole rings is 1. The van der Waals surface area contributed by atoms with Crippen molar-refractivity contribution in [2.24, 2.45) is 5.73 Å². The van der Waals surface area contributed by atoms with Gasteiger partial charge >= 0.3 is 0 Å². The monoisotopic (exact) mass is 365 g/mol. The Kier molecular flexibility index (Phi) is 4.53. The van der Waals surface area contributed by atoms with E-state index in [4.69, 9.17) is 10.2 Å². The highest BCUT2D eigenvalue weighted by atomic mass is 16.4. The molecule has 7 heteroatoms. The van der Waals surface area contributed by atoms with E-state index in [-0.39, 0.29) is 29.8 Å². The summed E-state index contributed by atoms with van der Waals surface area (Å²) < 4.78 is 7.68. The minimum atomic E-state index is -0.362. The minimum absolute atomic E-state index is 0.0856. The zero-order valence-corrected chi connectivity index (χ0v) is 15.4. The summed E-state index contributed by atoms with van der Waals surface area (Å²) in [7, 11) is 0.